The molecule has 0 aliphatic carbocycles. The van der Waals surface area contributed by atoms with Crippen LogP contribution in [-0.2, 0) is 4.74 Å². The van der Waals surface area contributed by atoms with Gasteiger partial charge in [0.1, 0.15) is 5.82 Å². The van der Waals surface area contributed by atoms with Gasteiger partial charge in [-0.1, -0.05) is 18.2 Å². The number of nitrogens with one attached hydrogen (secondary N) is 1. The van der Waals surface area contributed by atoms with Gasteiger partial charge in [0.05, 0.1) is 40.8 Å². The van der Waals surface area contributed by atoms with E-state index in [1.165, 1.54) is 12.1 Å². The van der Waals surface area contributed by atoms with Crippen LogP contribution in [0.25, 0.3) is 10.9 Å². The molecule has 170 valence electrons. The average Bonchev–Trinajstić information content (AvgIpc) is 2.80. The Labute approximate surface area is 184 Å². The summed E-state index contributed by atoms with van der Waals surface area (Å²) in [5.74, 6) is -0.479. The van der Waals surface area contributed by atoms with Gasteiger partial charge < -0.3 is 15.0 Å². The summed E-state index contributed by atoms with van der Waals surface area (Å²) < 4.78 is 46.3. The van der Waals surface area contributed by atoms with Crippen LogP contribution in [0.5, 0.6) is 0 Å². The number of piperidine rings is 1. The molecule has 1 atom stereocenters. The molecule has 1 N–H and O–H groups in total. The zero-order valence-electron chi connectivity index (χ0n) is 18.3. The highest BCUT2D eigenvalue weighted by Gasteiger charge is 2.22. The molecule has 3 heterocycles. The first kappa shape index (κ1) is 22.3. The summed E-state index contributed by atoms with van der Waals surface area (Å²) in [5, 5.41) is 12.3. The van der Waals surface area contributed by atoms with Gasteiger partial charge in [-0.05, 0) is 32.8 Å². The molecule has 0 bridgehead atoms. The van der Waals surface area contributed by atoms with Gasteiger partial charge in [-0.25, -0.2) is 13.2 Å². The highest BCUT2D eigenvalue weighted by Crippen LogP contribution is 2.32. The number of benzene rings is 1. The van der Waals surface area contributed by atoms with E-state index in [4.69, 9.17) is 4.74 Å². The monoisotopic (exact) mass is 445 g/mol. The summed E-state index contributed by atoms with van der Waals surface area (Å²) in [6.07, 6.45) is 1.08. The zero-order chi connectivity index (χ0) is 22.8. The second-order valence-electron chi connectivity index (χ2n) is 8.06. The molecule has 0 spiro atoms. The molecule has 0 saturated carbocycles. The minimum atomic E-state index is -2.88. The molecule has 32 heavy (non-hydrogen) atoms. The molecule has 9 heteroatoms. The van der Waals surface area contributed by atoms with E-state index >= 15 is 0 Å². The number of rotatable bonds is 6. The lowest BCUT2D eigenvalue weighted by Crippen LogP contribution is -2.36. The van der Waals surface area contributed by atoms with Crippen molar-refractivity contribution >= 4 is 22.4 Å². The van der Waals surface area contributed by atoms with Gasteiger partial charge in [0, 0.05) is 31.1 Å². The lowest BCUT2D eigenvalue weighted by Gasteiger charge is -2.32. The Hall–Kier alpha value is -2.94. The van der Waals surface area contributed by atoms with E-state index in [1.54, 1.807) is 14.0 Å². The number of aromatic nitrogens is 3. The first-order valence-electron chi connectivity index (χ1n) is 10.6. The molecule has 1 saturated heterocycles. The lowest BCUT2D eigenvalue weighted by molar-refractivity contribution is 0.0819. The molecular formula is C23H26F3N5O. The second-order valence-corrected chi connectivity index (χ2v) is 8.06. The van der Waals surface area contributed by atoms with E-state index in [-0.39, 0.29) is 11.7 Å². The minimum Gasteiger partial charge on any atom is -0.381 e. The largest absolute Gasteiger partial charge is 0.381 e. The van der Waals surface area contributed by atoms with Crippen LogP contribution in [0.15, 0.2) is 30.5 Å². The van der Waals surface area contributed by atoms with Crippen LogP contribution in [0.1, 0.15) is 49.1 Å². The maximum Gasteiger partial charge on any atom is 0.266 e. The predicted molar refractivity (Wildman–Crippen MR) is 118 cm³/mol. The number of fused-ring (bicyclic) bond motifs is 1. The molecule has 1 aliphatic heterocycles. The van der Waals surface area contributed by atoms with Crippen molar-refractivity contribution in [1.29, 1.82) is 0 Å². The van der Waals surface area contributed by atoms with Crippen LogP contribution in [0.2, 0.25) is 0 Å². The van der Waals surface area contributed by atoms with Crippen molar-refractivity contribution in [3.05, 3.63) is 53.1 Å². The van der Waals surface area contributed by atoms with Crippen molar-refractivity contribution < 1.29 is 17.9 Å². The Bertz CT molecular complexity index is 1100. The van der Waals surface area contributed by atoms with Crippen LogP contribution >= 0.6 is 0 Å². The topological polar surface area (TPSA) is 63.2 Å². The average molecular weight is 445 g/mol. The third kappa shape index (κ3) is 4.34. The van der Waals surface area contributed by atoms with Crippen molar-refractivity contribution in [2.24, 2.45) is 0 Å². The molecule has 1 aromatic carbocycles. The summed E-state index contributed by atoms with van der Waals surface area (Å²) in [4.78, 5) is 6.85. The third-order valence-corrected chi connectivity index (χ3v) is 6.02. The minimum absolute atomic E-state index is 0.143. The quantitative estimate of drug-likeness (QED) is 0.563. The van der Waals surface area contributed by atoms with Crippen molar-refractivity contribution in [2.75, 3.05) is 30.4 Å². The molecule has 4 rings (SSSR count). The molecule has 1 aliphatic rings. The highest BCUT2D eigenvalue weighted by atomic mass is 19.3. The van der Waals surface area contributed by atoms with Gasteiger partial charge >= 0.3 is 0 Å². The van der Waals surface area contributed by atoms with Crippen LogP contribution in [0.4, 0.5) is 24.7 Å². The molecule has 1 fully saturated rings. The highest BCUT2D eigenvalue weighted by molar-refractivity contribution is 5.92. The van der Waals surface area contributed by atoms with Gasteiger partial charge in [-0.15, -0.1) is 5.10 Å². The summed E-state index contributed by atoms with van der Waals surface area (Å²) in [6, 6.07) is 5.42. The van der Waals surface area contributed by atoms with Gasteiger partial charge in [-0.3, -0.25) is 4.98 Å². The summed E-state index contributed by atoms with van der Waals surface area (Å²) >= 11 is 0. The summed E-state index contributed by atoms with van der Waals surface area (Å²) in [5.41, 5.74) is 1.85. The predicted octanol–water partition coefficient (Wildman–Crippen LogP) is 5.20. The Morgan fingerprint density at radius 1 is 1.16 bits per heavy atom. The molecule has 3 aromatic rings. The SMILES string of the molecule is COC1CCN(c2cnc3c(C)nnc(NC(C)c4cccc(C(F)F)c4F)c3c2)CC1. The fourth-order valence-electron chi connectivity index (χ4n) is 4.13. The number of halogens is 3. The lowest BCUT2D eigenvalue weighted by atomic mass is 10.0. The molecule has 0 amide bonds. The number of aryl methyl sites for hydroxylation is 1. The number of methoxy groups -OCH3 is 1. The fourth-order valence-corrected chi connectivity index (χ4v) is 4.13. The number of hydrogen-bond donors (Lipinski definition) is 1. The van der Waals surface area contributed by atoms with Crippen LogP contribution in [-0.4, -0.2) is 41.5 Å². The maximum absolute atomic E-state index is 14.6. The molecular weight excluding hydrogens is 419 g/mol. The maximum atomic E-state index is 14.6. The number of nitrogens with zero attached hydrogens (tertiary/aromatic N) is 4. The van der Waals surface area contributed by atoms with Gasteiger partial charge in [0.2, 0.25) is 0 Å². The Kier molecular flexibility index (Phi) is 6.45. The van der Waals surface area contributed by atoms with Crippen molar-refractivity contribution in [2.45, 2.75) is 45.3 Å². The van der Waals surface area contributed by atoms with E-state index in [0.717, 1.165) is 43.1 Å². The van der Waals surface area contributed by atoms with E-state index in [0.29, 0.717) is 17.0 Å². The van der Waals surface area contributed by atoms with E-state index in [1.807, 2.05) is 19.2 Å². The van der Waals surface area contributed by atoms with Gasteiger partial charge in [-0.2, -0.15) is 5.10 Å². The number of hydrogen-bond acceptors (Lipinski definition) is 6. The molecule has 2 aromatic heterocycles. The van der Waals surface area contributed by atoms with Gasteiger partial charge in [0.25, 0.3) is 6.43 Å². The smallest absolute Gasteiger partial charge is 0.266 e. The Morgan fingerprint density at radius 3 is 2.56 bits per heavy atom. The summed E-state index contributed by atoms with van der Waals surface area (Å²) in [6.45, 7) is 5.24. The molecule has 1 unspecified atom stereocenters. The fraction of sp³-hybridized carbons (Fsp3) is 0.435. The standard InChI is InChI=1S/C23H26F3N5O/c1-13(17-5-4-6-18(20(17)24)22(25)26)28-23-19-11-15(12-27-21(19)14(2)29-30-23)31-9-7-16(32-3)8-10-31/h4-6,11-13,16,22H,7-10H2,1-3H3,(H,28,30). The van der Waals surface area contributed by atoms with E-state index < -0.39 is 23.8 Å². The first-order chi connectivity index (χ1) is 15.4. The van der Waals surface area contributed by atoms with Crippen LogP contribution in [0, 0.1) is 12.7 Å². The van der Waals surface area contributed by atoms with Crippen molar-refractivity contribution in [1.82, 2.24) is 15.2 Å². The Morgan fingerprint density at radius 2 is 1.88 bits per heavy atom. The Balaban J connectivity index is 1.65. The number of pyridine rings is 1. The normalized spacial score (nSPS) is 16.0. The molecule has 6 nitrogen and oxygen atoms in total. The number of ether oxygens (including phenoxy) is 1. The van der Waals surface area contributed by atoms with E-state index in [9.17, 15) is 13.2 Å². The van der Waals surface area contributed by atoms with Gasteiger partial charge in [0.15, 0.2) is 5.82 Å². The summed E-state index contributed by atoms with van der Waals surface area (Å²) in [7, 11) is 1.73. The second kappa shape index (κ2) is 9.28. The van der Waals surface area contributed by atoms with Crippen molar-refractivity contribution in [3.8, 4) is 0 Å². The van der Waals surface area contributed by atoms with Crippen LogP contribution in [0.3, 0.4) is 0 Å². The zero-order valence-corrected chi connectivity index (χ0v) is 18.3. The van der Waals surface area contributed by atoms with Crippen LogP contribution < -0.4 is 10.2 Å². The molecule has 0 radical (unpaired) electrons. The number of anilines is 2. The van der Waals surface area contributed by atoms with Crippen molar-refractivity contribution in [3.63, 3.8) is 0 Å². The third-order valence-electron chi connectivity index (χ3n) is 6.02. The first-order valence-corrected chi connectivity index (χ1v) is 10.6. The number of alkyl halides is 2. The van der Waals surface area contributed by atoms with E-state index in [2.05, 4.69) is 25.4 Å².